The highest BCUT2D eigenvalue weighted by Crippen LogP contribution is 2.24. The molecule has 1 aromatic rings. The van der Waals surface area contributed by atoms with Crippen LogP contribution in [0.25, 0.3) is 0 Å². The van der Waals surface area contributed by atoms with E-state index in [4.69, 9.17) is 5.73 Å². The lowest BCUT2D eigenvalue weighted by Crippen LogP contribution is -2.19. The van der Waals surface area contributed by atoms with Gasteiger partial charge in [-0.25, -0.2) is 4.98 Å². The molecule has 0 radical (unpaired) electrons. The quantitative estimate of drug-likeness (QED) is 0.711. The van der Waals surface area contributed by atoms with Crippen molar-refractivity contribution in [3.8, 4) is 0 Å². The lowest BCUT2D eigenvalue weighted by Gasteiger charge is -2.20. The Bertz CT molecular complexity index is 314. The minimum absolute atomic E-state index is 0.744. The Labute approximate surface area is 79.0 Å². The molecular weight excluding hydrogens is 162 g/mol. The van der Waals surface area contributed by atoms with Crippen molar-refractivity contribution < 1.29 is 0 Å². The van der Waals surface area contributed by atoms with E-state index in [0.717, 1.165) is 36.8 Å². The molecule has 0 fully saturated rings. The van der Waals surface area contributed by atoms with Crippen molar-refractivity contribution in [3.05, 3.63) is 11.5 Å². The van der Waals surface area contributed by atoms with E-state index in [0.29, 0.717) is 0 Å². The van der Waals surface area contributed by atoms with Gasteiger partial charge in [0.15, 0.2) is 0 Å². The van der Waals surface area contributed by atoms with Crippen molar-refractivity contribution in [1.82, 2.24) is 9.55 Å². The van der Waals surface area contributed by atoms with Crippen LogP contribution in [-0.2, 0) is 19.4 Å². The molecule has 0 aromatic carbocycles. The molecule has 2 rings (SSSR count). The highest BCUT2D eigenvalue weighted by molar-refractivity contribution is 5.38. The van der Waals surface area contributed by atoms with Crippen molar-refractivity contribution in [3.63, 3.8) is 0 Å². The van der Waals surface area contributed by atoms with Gasteiger partial charge in [0.2, 0.25) is 0 Å². The van der Waals surface area contributed by atoms with E-state index in [9.17, 15) is 0 Å². The molecule has 3 nitrogen and oxygen atoms in total. The molecule has 0 amide bonds. The Hall–Kier alpha value is -0.990. The average Bonchev–Trinajstić information content (AvgIpc) is 2.44. The monoisotopic (exact) mass is 179 g/mol. The topological polar surface area (TPSA) is 43.8 Å². The maximum atomic E-state index is 6.00. The zero-order valence-corrected chi connectivity index (χ0v) is 8.38. The fourth-order valence-electron chi connectivity index (χ4n) is 2.00. The summed E-state index contributed by atoms with van der Waals surface area (Å²) < 4.78 is 2.19. The maximum Gasteiger partial charge on any atom is 0.126 e. The molecule has 13 heavy (non-hydrogen) atoms. The first-order chi connectivity index (χ1) is 6.22. The summed E-state index contributed by atoms with van der Waals surface area (Å²) in [6.07, 6.45) is 3.28. The molecule has 0 saturated heterocycles. The van der Waals surface area contributed by atoms with E-state index in [2.05, 4.69) is 23.4 Å². The van der Waals surface area contributed by atoms with Gasteiger partial charge in [0.25, 0.3) is 0 Å². The van der Waals surface area contributed by atoms with Gasteiger partial charge in [-0.2, -0.15) is 0 Å². The Balaban J connectivity index is 2.40. The standard InChI is InChI=1S/C10H17N3/c1-3-8-10(11)13-6-7(2)4-5-9(13)12-8/h7H,3-6,11H2,1-2H3. The number of fused-ring (bicyclic) bond motifs is 1. The molecule has 1 atom stereocenters. The lowest BCUT2D eigenvalue weighted by atomic mass is 10.0. The molecule has 2 heterocycles. The van der Waals surface area contributed by atoms with Crippen molar-refractivity contribution >= 4 is 5.82 Å². The molecule has 0 saturated carbocycles. The summed E-state index contributed by atoms with van der Waals surface area (Å²) >= 11 is 0. The smallest absolute Gasteiger partial charge is 0.126 e. The summed E-state index contributed by atoms with van der Waals surface area (Å²) in [5, 5.41) is 0. The molecule has 3 heteroatoms. The third-order valence-electron chi connectivity index (χ3n) is 2.85. The van der Waals surface area contributed by atoms with Gasteiger partial charge in [-0.3, -0.25) is 0 Å². The van der Waals surface area contributed by atoms with Gasteiger partial charge in [-0.05, 0) is 18.8 Å². The van der Waals surface area contributed by atoms with Gasteiger partial charge >= 0.3 is 0 Å². The number of hydrogen-bond donors (Lipinski definition) is 1. The Morgan fingerprint density at radius 1 is 1.62 bits per heavy atom. The van der Waals surface area contributed by atoms with Gasteiger partial charge in [0.1, 0.15) is 11.6 Å². The maximum absolute atomic E-state index is 6.00. The molecule has 0 spiro atoms. The van der Waals surface area contributed by atoms with Crippen LogP contribution >= 0.6 is 0 Å². The van der Waals surface area contributed by atoms with E-state index >= 15 is 0 Å². The fraction of sp³-hybridized carbons (Fsp3) is 0.700. The van der Waals surface area contributed by atoms with Crippen LogP contribution in [0.1, 0.15) is 31.8 Å². The number of anilines is 1. The van der Waals surface area contributed by atoms with Gasteiger partial charge in [-0.1, -0.05) is 13.8 Å². The van der Waals surface area contributed by atoms with E-state index in [1.165, 1.54) is 12.2 Å². The van der Waals surface area contributed by atoms with Gasteiger partial charge in [0, 0.05) is 13.0 Å². The van der Waals surface area contributed by atoms with Crippen LogP contribution in [0.2, 0.25) is 0 Å². The van der Waals surface area contributed by atoms with Gasteiger partial charge in [0.05, 0.1) is 5.69 Å². The summed E-state index contributed by atoms with van der Waals surface area (Å²) in [4.78, 5) is 4.54. The number of nitrogen functional groups attached to an aromatic ring is 1. The van der Waals surface area contributed by atoms with E-state index in [-0.39, 0.29) is 0 Å². The summed E-state index contributed by atoms with van der Waals surface area (Å²) in [6.45, 7) is 5.43. The van der Waals surface area contributed by atoms with Gasteiger partial charge in [-0.15, -0.1) is 0 Å². The molecule has 1 unspecified atom stereocenters. The third-order valence-corrected chi connectivity index (χ3v) is 2.85. The van der Waals surface area contributed by atoms with Crippen LogP contribution in [-0.4, -0.2) is 9.55 Å². The zero-order valence-electron chi connectivity index (χ0n) is 8.38. The van der Waals surface area contributed by atoms with Crippen LogP contribution in [0.5, 0.6) is 0 Å². The van der Waals surface area contributed by atoms with Crippen LogP contribution in [0.4, 0.5) is 5.82 Å². The first kappa shape index (κ1) is 8.60. The second kappa shape index (κ2) is 3.05. The van der Waals surface area contributed by atoms with Crippen molar-refractivity contribution in [1.29, 1.82) is 0 Å². The molecular formula is C10H17N3. The second-order valence-electron chi connectivity index (χ2n) is 3.97. The van der Waals surface area contributed by atoms with Crippen LogP contribution < -0.4 is 5.73 Å². The molecule has 72 valence electrons. The minimum Gasteiger partial charge on any atom is -0.384 e. The highest BCUT2D eigenvalue weighted by Gasteiger charge is 2.20. The van der Waals surface area contributed by atoms with E-state index in [1.54, 1.807) is 0 Å². The highest BCUT2D eigenvalue weighted by atomic mass is 15.1. The fourth-order valence-corrected chi connectivity index (χ4v) is 2.00. The Morgan fingerprint density at radius 2 is 2.38 bits per heavy atom. The molecule has 0 aliphatic carbocycles. The summed E-state index contributed by atoms with van der Waals surface area (Å²) in [5.41, 5.74) is 7.07. The lowest BCUT2D eigenvalue weighted by molar-refractivity contribution is 0.397. The molecule has 1 aliphatic heterocycles. The molecule has 2 N–H and O–H groups in total. The Morgan fingerprint density at radius 3 is 3.08 bits per heavy atom. The largest absolute Gasteiger partial charge is 0.384 e. The number of hydrogen-bond acceptors (Lipinski definition) is 2. The number of nitrogens with two attached hydrogens (primary N) is 1. The van der Waals surface area contributed by atoms with Crippen LogP contribution in [0.3, 0.4) is 0 Å². The average molecular weight is 179 g/mol. The summed E-state index contributed by atoms with van der Waals surface area (Å²) in [5.74, 6) is 2.82. The van der Waals surface area contributed by atoms with E-state index < -0.39 is 0 Å². The summed E-state index contributed by atoms with van der Waals surface area (Å²) in [7, 11) is 0. The third kappa shape index (κ3) is 1.32. The van der Waals surface area contributed by atoms with Crippen LogP contribution in [0.15, 0.2) is 0 Å². The van der Waals surface area contributed by atoms with Crippen molar-refractivity contribution in [2.24, 2.45) is 5.92 Å². The molecule has 1 aromatic heterocycles. The van der Waals surface area contributed by atoms with Crippen LogP contribution in [0, 0.1) is 5.92 Å². The number of aryl methyl sites for hydroxylation is 2. The van der Waals surface area contributed by atoms with Gasteiger partial charge < -0.3 is 10.3 Å². The normalized spacial score (nSPS) is 21.5. The first-order valence-electron chi connectivity index (χ1n) is 5.06. The molecule has 1 aliphatic rings. The number of rotatable bonds is 1. The summed E-state index contributed by atoms with van der Waals surface area (Å²) in [6, 6.07) is 0. The predicted molar refractivity (Wildman–Crippen MR) is 53.5 cm³/mol. The second-order valence-corrected chi connectivity index (χ2v) is 3.97. The molecule has 0 bridgehead atoms. The van der Waals surface area contributed by atoms with Crippen molar-refractivity contribution in [2.75, 3.05) is 5.73 Å². The predicted octanol–water partition coefficient (Wildman–Crippen LogP) is 1.61. The zero-order chi connectivity index (χ0) is 9.42. The number of imidazole rings is 1. The Kier molecular flexibility index (Phi) is 2.02. The minimum atomic E-state index is 0.744. The number of nitrogens with zero attached hydrogens (tertiary/aromatic N) is 2. The van der Waals surface area contributed by atoms with E-state index in [1.807, 2.05) is 0 Å². The number of aromatic nitrogens is 2. The van der Waals surface area contributed by atoms with Crippen molar-refractivity contribution in [2.45, 2.75) is 39.7 Å². The SMILES string of the molecule is CCc1nc2n(c1N)CC(C)CC2. The first-order valence-corrected chi connectivity index (χ1v) is 5.06.